The summed E-state index contributed by atoms with van der Waals surface area (Å²) in [6.07, 6.45) is 4.63. The Balaban J connectivity index is 1.59. The zero-order chi connectivity index (χ0) is 16.9. The monoisotopic (exact) mass is 326 g/mol. The average Bonchev–Trinajstić information content (AvgIpc) is 3.24. The van der Waals surface area contributed by atoms with Crippen LogP contribution in [0.15, 0.2) is 36.7 Å². The molecule has 3 rings (SSSR count). The molecular weight excluding hydrogens is 300 g/mol. The Kier molecular flexibility index (Phi) is 5.30. The number of nitrogens with one attached hydrogen (secondary N) is 2. The number of benzene rings is 1. The van der Waals surface area contributed by atoms with Crippen molar-refractivity contribution in [3.05, 3.63) is 42.2 Å². The molecule has 0 aliphatic carbocycles. The first-order chi connectivity index (χ1) is 11.6. The Morgan fingerprint density at radius 2 is 2.25 bits per heavy atom. The first kappa shape index (κ1) is 16.7. The van der Waals surface area contributed by atoms with Crippen LogP contribution < -0.4 is 5.32 Å². The van der Waals surface area contributed by atoms with E-state index in [1.165, 1.54) is 0 Å². The Morgan fingerprint density at radius 1 is 1.42 bits per heavy atom. The number of imidazole rings is 1. The number of H-pyrrole nitrogens is 1. The van der Waals surface area contributed by atoms with Crippen LogP contribution in [0, 0.1) is 11.8 Å². The molecule has 5 heteroatoms. The molecule has 0 spiro atoms. The van der Waals surface area contributed by atoms with E-state index in [1.54, 1.807) is 12.4 Å². The molecule has 1 amide bonds. The van der Waals surface area contributed by atoms with E-state index in [2.05, 4.69) is 34.0 Å². The molecule has 1 aromatic heterocycles. The van der Waals surface area contributed by atoms with E-state index >= 15 is 0 Å². The fourth-order valence-corrected chi connectivity index (χ4v) is 3.39. The molecule has 0 saturated carbocycles. The molecular formula is C19H26N4O. The Bertz CT molecular complexity index is 666. The van der Waals surface area contributed by atoms with Crippen LogP contribution in [0.5, 0.6) is 0 Å². The van der Waals surface area contributed by atoms with Crippen LogP contribution in [0.3, 0.4) is 0 Å². The lowest BCUT2D eigenvalue weighted by Gasteiger charge is -2.18. The van der Waals surface area contributed by atoms with Gasteiger partial charge < -0.3 is 15.2 Å². The molecule has 2 aromatic rings. The standard InChI is InChI=1S/C19H26N4O/c1-14(2)12-23-10-7-15(13-23)11-22-19(24)17-6-4-3-5-16(17)18-20-8-9-21-18/h3-6,8-9,14-15H,7,10-13H2,1-2H3,(H,20,21)(H,22,24)/t15-/m0/s1. The minimum atomic E-state index is -0.0238. The number of hydrogen-bond acceptors (Lipinski definition) is 3. The van der Waals surface area contributed by atoms with Gasteiger partial charge in [-0.15, -0.1) is 0 Å². The average molecular weight is 326 g/mol. The van der Waals surface area contributed by atoms with Crippen LogP contribution in [-0.4, -0.2) is 47.0 Å². The van der Waals surface area contributed by atoms with Crippen molar-refractivity contribution >= 4 is 5.91 Å². The zero-order valence-corrected chi connectivity index (χ0v) is 14.5. The van der Waals surface area contributed by atoms with E-state index in [-0.39, 0.29) is 5.91 Å². The molecule has 5 nitrogen and oxygen atoms in total. The summed E-state index contributed by atoms with van der Waals surface area (Å²) in [7, 11) is 0. The van der Waals surface area contributed by atoms with Gasteiger partial charge in [-0.1, -0.05) is 32.0 Å². The minimum absolute atomic E-state index is 0.0238. The van der Waals surface area contributed by atoms with Crippen molar-refractivity contribution in [1.29, 1.82) is 0 Å². The number of carbonyl (C=O) groups excluding carboxylic acids is 1. The number of aromatic amines is 1. The van der Waals surface area contributed by atoms with Gasteiger partial charge in [-0.05, 0) is 30.9 Å². The Labute approximate surface area is 143 Å². The number of amides is 1. The number of likely N-dealkylation sites (tertiary alicyclic amines) is 1. The van der Waals surface area contributed by atoms with Gasteiger partial charge in [0.25, 0.3) is 5.91 Å². The third-order valence-electron chi connectivity index (χ3n) is 4.47. The molecule has 0 unspecified atom stereocenters. The highest BCUT2D eigenvalue weighted by molar-refractivity contribution is 6.00. The smallest absolute Gasteiger partial charge is 0.252 e. The summed E-state index contributed by atoms with van der Waals surface area (Å²) >= 11 is 0. The second-order valence-corrected chi connectivity index (χ2v) is 7.00. The highest BCUT2D eigenvalue weighted by Gasteiger charge is 2.23. The molecule has 1 aliphatic heterocycles. The molecule has 1 fully saturated rings. The largest absolute Gasteiger partial charge is 0.352 e. The Hall–Kier alpha value is -2.14. The maximum atomic E-state index is 12.6. The lowest BCUT2D eigenvalue weighted by Crippen LogP contribution is -2.32. The van der Waals surface area contributed by atoms with Gasteiger partial charge >= 0.3 is 0 Å². The highest BCUT2D eigenvalue weighted by Crippen LogP contribution is 2.20. The third kappa shape index (κ3) is 4.03. The number of nitrogens with zero attached hydrogens (tertiary/aromatic N) is 2. The van der Waals surface area contributed by atoms with Crippen LogP contribution in [0.1, 0.15) is 30.6 Å². The Morgan fingerprint density at radius 3 is 3.00 bits per heavy atom. The predicted molar refractivity (Wildman–Crippen MR) is 95.7 cm³/mol. The number of aromatic nitrogens is 2. The summed E-state index contributed by atoms with van der Waals surface area (Å²) in [5.74, 6) is 1.94. The minimum Gasteiger partial charge on any atom is -0.352 e. The maximum absolute atomic E-state index is 12.6. The van der Waals surface area contributed by atoms with Crippen molar-refractivity contribution in [1.82, 2.24) is 20.2 Å². The first-order valence-corrected chi connectivity index (χ1v) is 8.73. The summed E-state index contributed by atoms with van der Waals surface area (Å²) in [5.41, 5.74) is 1.51. The fourth-order valence-electron chi connectivity index (χ4n) is 3.39. The van der Waals surface area contributed by atoms with Crippen LogP contribution >= 0.6 is 0 Å². The van der Waals surface area contributed by atoms with Gasteiger partial charge in [-0.25, -0.2) is 4.98 Å². The van der Waals surface area contributed by atoms with Crippen molar-refractivity contribution in [3.63, 3.8) is 0 Å². The number of rotatable bonds is 6. The molecule has 24 heavy (non-hydrogen) atoms. The predicted octanol–water partition coefficient (Wildman–Crippen LogP) is 2.78. The summed E-state index contributed by atoms with van der Waals surface area (Å²) in [4.78, 5) is 22.4. The van der Waals surface area contributed by atoms with E-state index in [0.29, 0.717) is 17.4 Å². The van der Waals surface area contributed by atoms with E-state index < -0.39 is 0 Å². The van der Waals surface area contributed by atoms with E-state index in [0.717, 1.165) is 44.0 Å². The number of carbonyl (C=O) groups is 1. The summed E-state index contributed by atoms with van der Waals surface area (Å²) in [5, 5.41) is 3.11. The van der Waals surface area contributed by atoms with Crippen molar-refractivity contribution in [2.45, 2.75) is 20.3 Å². The fraction of sp³-hybridized carbons (Fsp3) is 0.474. The molecule has 1 aliphatic rings. The van der Waals surface area contributed by atoms with Crippen molar-refractivity contribution in [3.8, 4) is 11.4 Å². The molecule has 0 radical (unpaired) electrons. The van der Waals surface area contributed by atoms with Crippen LogP contribution in [-0.2, 0) is 0 Å². The second-order valence-electron chi connectivity index (χ2n) is 7.00. The highest BCUT2D eigenvalue weighted by atomic mass is 16.1. The molecule has 1 saturated heterocycles. The first-order valence-electron chi connectivity index (χ1n) is 8.73. The van der Waals surface area contributed by atoms with E-state index in [4.69, 9.17) is 0 Å². The van der Waals surface area contributed by atoms with Gasteiger partial charge in [0.2, 0.25) is 0 Å². The van der Waals surface area contributed by atoms with Crippen molar-refractivity contribution in [2.24, 2.45) is 11.8 Å². The van der Waals surface area contributed by atoms with Crippen molar-refractivity contribution in [2.75, 3.05) is 26.2 Å². The maximum Gasteiger partial charge on any atom is 0.252 e. The summed E-state index contributed by atoms with van der Waals surface area (Å²) < 4.78 is 0. The molecule has 1 aromatic carbocycles. The van der Waals surface area contributed by atoms with Gasteiger partial charge in [0.1, 0.15) is 5.82 Å². The normalized spacial score (nSPS) is 18.2. The van der Waals surface area contributed by atoms with E-state index in [9.17, 15) is 4.79 Å². The zero-order valence-electron chi connectivity index (χ0n) is 14.5. The second kappa shape index (κ2) is 7.62. The summed E-state index contributed by atoms with van der Waals surface area (Å²) in [6.45, 7) is 8.60. The van der Waals surface area contributed by atoms with Gasteiger partial charge in [0.05, 0.1) is 5.56 Å². The third-order valence-corrected chi connectivity index (χ3v) is 4.47. The van der Waals surface area contributed by atoms with Crippen LogP contribution in [0.25, 0.3) is 11.4 Å². The summed E-state index contributed by atoms with van der Waals surface area (Å²) in [6, 6.07) is 7.59. The number of hydrogen-bond donors (Lipinski definition) is 2. The quantitative estimate of drug-likeness (QED) is 0.858. The lowest BCUT2D eigenvalue weighted by molar-refractivity contribution is 0.0948. The van der Waals surface area contributed by atoms with Gasteiger partial charge in [-0.2, -0.15) is 0 Å². The van der Waals surface area contributed by atoms with E-state index in [1.807, 2.05) is 24.3 Å². The molecule has 0 bridgehead atoms. The van der Waals surface area contributed by atoms with Crippen LogP contribution in [0.2, 0.25) is 0 Å². The SMILES string of the molecule is CC(C)CN1CC[C@@H](CNC(=O)c2ccccc2-c2ncc[nH]2)C1. The van der Waals surface area contributed by atoms with Gasteiger partial charge in [-0.3, -0.25) is 4.79 Å². The lowest BCUT2D eigenvalue weighted by atomic mass is 10.1. The molecule has 2 heterocycles. The molecule has 128 valence electrons. The van der Waals surface area contributed by atoms with Crippen molar-refractivity contribution < 1.29 is 4.79 Å². The van der Waals surface area contributed by atoms with Crippen LogP contribution in [0.4, 0.5) is 0 Å². The molecule has 1 atom stereocenters. The topological polar surface area (TPSA) is 61.0 Å². The van der Waals surface area contributed by atoms with Gasteiger partial charge in [0, 0.05) is 37.6 Å². The molecule has 2 N–H and O–H groups in total. The van der Waals surface area contributed by atoms with Gasteiger partial charge in [0.15, 0.2) is 0 Å².